The Balaban J connectivity index is 1.12. The van der Waals surface area contributed by atoms with Gasteiger partial charge in [-0.05, 0) is 48.2 Å². The number of likely N-dealkylation sites (tertiary alicyclic amines) is 1. The van der Waals surface area contributed by atoms with E-state index in [9.17, 15) is 9.59 Å². The van der Waals surface area contributed by atoms with E-state index >= 15 is 0 Å². The molecule has 1 spiro atoms. The molecule has 3 aliphatic heterocycles. The fourth-order valence-corrected chi connectivity index (χ4v) is 5.82. The van der Waals surface area contributed by atoms with Crippen molar-refractivity contribution in [3.63, 3.8) is 0 Å². The van der Waals surface area contributed by atoms with Crippen LogP contribution in [0.4, 0.5) is 10.5 Å². The summed E-state index contributed by atoms with van der Waals surface area (Å²) >= 11 is 0. The lowest BCUT2D eigenvalue weighted by Gasteiger charge is -2.59. The second-order valence-corrected chi connectivity index (χ2v) is 9.96. The molecule has 0 aromatic heterocycles. The van der Waals surface area contributed by atoms with Crippen LogP contribution in [0.15, 0.2) is 78.9 Å². The van der Waals surface area contributed by atoms with Crippen LogP contribution < -0.4 is 19.7 Å². The number of amides is 3. The number of nitrogens with zero attached hydrogens (tertiary/aromatic N) is 2. The maximum Gasteiger partial charge on any atom is 0.317 e. The highest BCUT2D eigenvalue weighted by atomic mass is 16.5. The fraction of sp³-hybridized carbons (Fsp3) is 0.333. The first-order valence-electron chi connectivity index (χ1n) is 13.0. The second kappa shape index (κ2) is 9.81. The summed E-state index contributed by atoms with van der Waals surface area (Å²) in [6.45, 7) is 2.78. The molecule has 190 valence electrons. The molecule has 2 saturated heterocycles. The highest BCUT2D eigenvalue weighted by Crippen LogP contribution is 2.57. The third-order valence-electron chi connectivity index (χ3n) is 7.77. The number of β-lactam (4-membered cyclic amide) rings is 1. The minimum Gasteiger partial charge on any atom is -0.490 e. The van der Waals surface area contributed by atoms with E-state index in [2.05, 4.69) is 17.4 Å². The number of nitrogens with one attached hydrogen (secondary N) is 1. The second-order valence-electron chi connectivity index (χ2n) is 9.96. The third kappa shape index (κ3) is 4.28. The van der Waals surface area contributed by atoms with E-state index in [1.807, 2.05) is 76.5 Å². The number of anilines is 1. The third-order valence-corrected chi connectivity index (χ3v) is 7.77. The first-order valence-corrected chi connectivity index (χ1v) is 13.0. The Morgan fingerprint density at radius 2 is 1.57 bits per heavy atom. The first kappa shape index (κ1) is 23.4. The van der Waals surface area contributed by atoms with Gasteiger partial charge in [0, 0.05) is 31.7 Å². The van der Waals surface area contributed by atoms with Gasteiger partial charge >= 0.3 is 6.03 Å². The summed E-state index contributed by atoms with van der Waals surface area (Å²) in [5, 5.41) is 3.04. The summed E-state index contributed by atoms with van der Waals surface area (Å²) in [7, 11) is 0. The molecule has 3 amide bonds. The molecular formula is C30H31N3O4. The highest BCUT2D eigenvalue weighted by Gasteiger charge is 2.62. The summed E-state index contributed by atoms with van der Waals surface area (Å²) in [6.07, 6.45) is 2.15. The molecular weight excluding hydrogens is 466 g/mol. The lowest BCUT2D eigenvalue weighted by Crippen LogP contribution is -2.67. The molecule has 1 unspecified atom stereocenters. The summed E-state index contributed by atoms with van der Waals surface area (Å²) in [5.41, 5.74) is 2.53. The number of rotatable bonds is 4. The van der Waals surface area contributed by atoms with E-state index in [1.165, 1.54) is 0 Å². The van der Waals surface area contributed by atoms with Gasteiger partial charge in [0.15, 0.2) is 11.5 Å². The molecule has 6 rings (SSSR count). The van der Waals surface area contributed by atoms with Crippen molar-refractivity contribution in [3.8, 4) is 11.5 Å². The molecule has 0 saturated carbocycles. The van der Waals surface area contributed by atoms with Gasteiger partial charge in [0.05, 0.1) is 24.7 Å². The number of carbonyl (C=O) groups excluding carboxylic acids is 2. The van der Waals surface area contributed by atoms with Crippen LogP contribution in [0.2, 0.25) is 0 Å². The highest BCUT2D eigenvalue weighted by molar-refractivity contribution is 6.06. The number of hydrogen-bond acceptors (Lipinski definition) is 4. The molecule has 0 aliphatic carbocycles. The molecule has 3 heterocycles. The summed E-state index contributed by atoms with van der Waals surface area (Å²) < 4.78 is 11.5. The van der Waals surface area contributed by atoms with Crippen molar-refractivity contribution in [3.05, 3.63) is 90.0 Å². The molecule has 7 heteroatoms. The van der Waals surface area contributed by atoms with Gasteiger partial charge in [-0.15, -0.1) is 0 Å². The maximum absolute atomic E-state index is 13.6. The van der Waals surface area contributed by atoms with E-state index in [0.29, 0.717) is 45.7 Å². The Morgan fingerprint density at radius 1 is 0.892 bits per heavy atom. The number of hydrogen-bond donors (Lipinski definition) is 1. The number of piperidine rings is 1. The van der Waals surface area contributed by atoms with E-state index in [1.54, 1.807) is 0 Å². The van der Waals surface area contributed by atoms with Gasteiger partial charge in [-0.2, -0.15) is 0 Å². The zero-order chi connectivity index (χ0) is 25.2. The van der Waals surface area contributed by atoms with E-state index < -0.39 is 5.41 Å². The van der Waals surface area contributed by atoms with Crippen LogP contribution in [0.1, 0.15) is 36.4 Å². The molecule has 37 heavy (non-hydrogen) atoms. The summed E-state index contributed by atoms with van der Waals surface area (Å²) in [4.78, 5) is 30.4. The minimum atomic E-state index is -0.484. The number of benzene rings is 3. The van der Waals surface area contributed by atoms with Crippen molar-refractivity contribution in [1.29, 1.82) is 0 Å². The van der Waals surface area contributed by atoms with Crippen molar-refractivity contribution in [2.45, 2.75) is 31.8 Å². The lowest BCUT2D eigenvalue weighted by atomic mass is 9.62. The number of para-hydroxylation sites is 1. The van der Waals surface area contributed by atoms with Crippen molar-refractivity contribution in [2.75, 3.05) is 31.2 Å². The Labute approximate surface area is 217 Å². The van der Waals surface area contributed by atoms with Gasteiger partial charge in [0.25, 0.3) is 0 Å². The number of urea groups is 1. The Bertz CT molecular complexity index is 1270. The molecule has 2 fully saturated rings. The standard InChI is InChI=1S/C30H31N3O4/c34-28-30(27(23-8-3-1-4-9-23)33(28)24-10-5-2-6-11-24)14-16-32(17-15-30)29(35)31-21-22-12-13-25-26(20-22)37-19-7-18-36-25/h1-6,8-13,20,27H,7,14-19,21H2,(H,31,35). The molecule has 0 radical (unpaired) electrons. The molecule has 7 nitrogen and oxygen atoms in total. The largest absolute Gasteiger partial charge is 0.490 e. The van der Waals surface area contributed by atoms with Gasteiger partial charge < -0.3 is 24.6 Å². The topological polar surface area (TPSA) is 71.1 Å². The Hall–Kier alpha value is -4.00. The Kier molecular flexibility index (Phi) is 6.20. The fourth-order valence-electron chi connectivity index (χ4n) is 5.82. The van der Waals surface area contributed by atoms with Crippen LogP contribution in [0.25, 0.3) is 0 Å². The van der Waals surface area contributed by atoms with Crippen molar-refractivity contribution < 1.29 is 19.1 Å². The van der Waals surface area contributed by atoms with E-state index in [0.717, 1.165) is 34.7 Å². The monoisotopic (exact) mass is 497 g/mol. The average Bonchev–Trinajstić information content (AvgIpc) is 3.20. The molecule has 3 aliphatic rings. The normalized spacial score (nSPS) is 20.2. The molecule has 3 aromatic carbocycles. The predicted octanol–water partition coefficient (Wildman–Crippen LogP) is 4.93. The molecule has 1 atom stereocenters. The SMILES string of the molecule is O=C(NCc1ccc2c(c1)OCCCO2)N1CCC2(CC1)C(=O)N(c1ccccc1)C2c1ccccc1. The maximum atomic E-state index is 13.6. The van der Waals surface area contributed by atoms with Crippen LogP contribution in [0.5, 0.6) is 11.5 Å². The molecule has 3 aromatic rings. The van der Waals surface area contributed by atoms with Crippen LogP contribution in [-0.4, -0.2) is 43.1 Å². The van der Waals surface area contributed by atoms with Gasteiger partial charge in [-0.3, -0.25) is 4.79 Å². The minimum absolute atomic E-state index is 0.0318. The van der Waals surface area contributed by atoms with Crippen LogP contribution in [-0.2, 0) is 11.3 Å². The predicted molar refractivity (Wildman–Crippen MR) is 141 cm³/mol. The quantitative estimate of drug-likeness (QED) is 0.519. The molecule has 1 N–H and O–H groups in total. The van der Waals surface area contributed by atoms with Crippen LogP contribution in [0.3, 0.4) is 0 Å². The lowest BCUT2D eigenvalue weighted by molar-refractivity contribution is -0.144. The van der Waals surface area contributed by atoms with Crippen LogP contribution >= 0.6 is 0 Å². The number of carbonyl (C=O) groups is 2. The van der Waals surface area contributed by atoms with Gasteiger partial charge in [-0.1, -0.05) is 54.6 Å². The van der Waals surface area contributed by atoms with Crippen molar-refractivity contribution in [2.24, 2.45) is 5.41 Å². The Morgan fingerprint density at radius 3 is 2.30 bits per heavy atom. The first-order chi connectivity index (χ1) is 18.2. The number of ether oxygens (including phenoxy) is 2. The zero-order valence-corrected chi connectivity index (χ0v) is 20.8. The van der Waals surface area contributed by atoms with E-state index in [4.69, 9.17) is 9.47 Å². The summed E-state index contributed by atoms with van der Waals surface area (Å²) in [6, 6.07) is 25.8. The van der Waals surface area contributed by atoms with E-state index in [-0.39, 0.29) is 18.0 Å². The smallest absolute Gasteiger partial charge is 0.317 e. The van der Waals surface area contributed by atoms with Gasteiger partial charge in [-0.25, -0.2) is 4.79 Å². The van der Waals surface area contributed by atoms with Crippen LogP contribution in [0, 0.1) is 5.41 Å². The van der Waals surface area contributed by atoms with Crippen molar-refractivity contribution in [1.82, 2.24) is 10.2 Å². The van der Waals surface area contributed by atoms with Gasteiger partial charge in [0.2, 0.25) is 5.91 Å². The average molecular weight is 498 g/mol. The molecule has 0 bridgehead atoms. The van der Waals surface area contributed by atoms with Crippen molar-refractivity contribution >= 4 is 17.6 Å². The number of fused-ring (bicyclic) bond motifs is 1. The zero-order valence-electron chi connectivity index (χ0n) is 20.8. The van der Waals surface area contributed by atoms with Gasteiger partial charge in [0.1, 0.15) is 0 Å². The summed E-state index contributed by atoms with van der Waals surface area (Å²) in [5.74, 6) is 1.62.